The summed E-state index contributed by atoms with van der Waals surface area (Å²) in [5, 5.41) is 6.61. The zero-order valence-corrected chi connectivity index (χ0v) is 13.8. The molecule has 1 fully saturated rings. The van der Waals surface area contributed by atoms with Crippen molar-refractivity contribution in [2.24, 2.45) is 0 Å². The molecule has 0 unspecified atom stereocenters. The van der Waals surface area contributed by atoms with Gasteiger partial charge in [-0.3, -0.25) is 9.89 Å². The minimum atomic E-state index is -3.07. The quantitative estimate of drug-likeness (QED) is 0.882. The van der Waals surface area contributed by atoms with Crippen LogP contribution in [0.5, 0.6) is 0 Å². The van der Waals surface area contributed by atoms with Gasteiger partial charge in [0.15, 0.2) is 15.5 Å². The van der Waals surface area contributed by atoms with Crippen molar-refractivity contribution in [2.75, 3.05) is 18.8 Å². The summed E-state index contributed by atoms with van der Waals surface area (Å²) in [7, 11) is -3.07. The number of fused-ring (bicyclic) bond motifs is 1. The summed E-state index contributed by atoms with van der Waals surface area (Å²) in [6.45, 7) is 6.05. The molecule has 0 radical (unpaired) electrons. The van der Waals surface area contributed by atoms with Gasteiger partial charge in [-0.1, -0.05) is 6.92 Å². The van der Waals surface area contributed by atoms with Crippen molar-refractivity contribution in [3.63, 3.8) is 0 Å². The molecule has 2 atom stereocenters. The number of likely N-dealkylation sites (tertiary alicyclic amines) is 1. The van der Waals surface area contributed by atoms with E-state index in [2.05, 4.69) is 10.2 Å². The van der Waals surface area contributed by atoms with Gasteiger partial charge in [0.25, 0.3) is 5.91 Å². The Bertz CT molecular complexity index is 691. The molecule has 1 aromatic rings. The Morgan fingerprint density at radius 1 is 1.41 bits per heavy atom. The standard InChI is InChI=1S/C14H21N3O4S/c1-4-22(19,20)10-6-17(7-10)14(18)13-11-5-8(2)21-9(3)12(11)15-16-13/h8-10H,4-7H2,1-3H3,(H,15,16)/t8-,9+/m0/s1. The van der Waals surface area contributed by atoms with E-state index in [1.807, 2.05) is 13.8 Å². The highest BCUT2D eigenvalue weighted by atomic mass is 32.2. The number of ether oxygens (including phenoxy) is 1. The number of rotatable bonds is 3. The monoisotopic (exact) mass is 327 g/mol. The molecule has 3 rings (SSSR count). The molecule has 7 nitrogen and oxygen atoms in total. The van der Waals surface area contributed by atoms with Crippen molar-refractivity contribution < 1.29 is 17.9 Å². The maximum atomic E-state index is 12.5. The molecule has 22 heavy (non-hydrogen) atoms. The van der Waals surface area contributed by atoms with Gasteiger partial charge in [-0.2, -0.15) is 5.10 Å². The van der Waals surface area contributed by atoms with E-state index in [-0.39, 0.29) is 37.0 Å². The molecule has 1 amide bonds. The van der Waals surface area contributed by atoms with Crippen LogP contribution in [-0.4, -0.2) is 59.6 Å². The Hall–Kier alpha value is -1.41. The maximum absolute atomic E-state index is 12.5. The molecule has 1 saturated heterocycles. The van der Waals surface area contributed by atoms with Crippen molar-refractivity contribution in [3.05, 3.63) is 17.0 Å². The van der Waals surface area contributed by atoms with E-state index in [1.165, 1.54) is 0 Å². The molecule has 0 aromatic carbocycles. The number of aromatic nitrogens is 2. The highest BCUT2D eigenvalue weighted by molar-refractivity contribution is 7.92. The number of carbonyl (C=O) groups excluding carboxylic acids is 1. The zero-order chi connectivity index (χ0) is 16.1. The number of aromatic amines is 1. The first kappa shape index (κ1) is 15.5. The number of hydrogen-bond donors (Lipinski definition) is 1. The number of hydrogen-bond acceptors (Lipinski definition) is 5. The van der Waals surface area contributed by atoms with Crippen LogP contribution in [0.2, 0.25) is 0 Å². The largest absolute Gasteiger partial charge is 0.369 e. The number of sulfone groups is 1. The summed E-state index contributed by atoms with van der Waals surface area (Å²) < 4.78 is 29.3. The average molecular weight is 327 g/mol. The molecule has 122 valence electrons. The van der Waals surface area contributed by atoms with E-state index in [0.29, 0.717) is 12.1 Å². The van der Waals surface area contributed by atoms with Gasteiger partial charge in [-0.25, -0.2) is 8.42 Å². The van der Waals surface area contributed by atoms with Gasteiger partial charge in [0.05, 0.1) is 23.2 Å². The predicted octanol–water partition coefficient (Wildman–Crippen LogP) is 0.691. The first-order valence-corrected chi connectivity index (χ1v) is 9.28. The van der Waals surface area contributed by atoms with E-state index >= 15 is 0 Å². The minimum Gasteiger partial charge on any atom is -0.369 e. The SMILES string of the molecule is CCS(=O)(=O)C1CN(C(=O)c2n[nH]c3c2C[C@H](C)O[C@@H]3C)C1. The lowest BCUT2D eigenvalue weighted by Crippen LogP contribution is -2.57. The molecule has 0 aliphatic carbocycles. The normalized spacial score (nSPS) is 25.7. The third-order valence-electron chi connectivity index (χ3n) is 4.48. The molecule has 3 heterocycles. The van der Waals surface area contributed by atoms with Gasteiger partial charge in [0, 0.05) is 30.8 Å². The van der Waals surface area contributed by atoms with Crippen LogP contribution < -0.4 is 0 Å². The topological polar surface area (TPSA) is 92.4 Å². The van der Waals surface area contributed by atoms with Crippen LogP contribution in [-0.2, 0) is 21.0 Å². The highest BCUT2D eigenvalue weighted by Gasteiger charge is 2.41. The lowest BCUT2D eigenvalue weighted by Gasteiger charge is -2.38. The summed E-state index contributed by atoms with van der Waals surface area (Å²) in [5.74, 6) is -0.0782. The Labute approximate surface area is 129 Å². The second kappa shape index (κ2) is 5.34. The molecule has 1 N–H and O–H groups in total. The first-order valence-electron chi connectivity index (χ1n) is 7.57. The Morgan fingerprint density at radius 2 is 2.09 bits per heavy atom. The van der Waals surface area contributed by atoms with Gasteiger partial charge >= 0.3 is 0 Å². The van der Waals surface area contributed by atoms with Gasteiger partial charge in [-0.05, 0) is 13.8 Å². The number of nitrogens with zero attached hydrogens (tertiary/aromatic N) is 2. The van der Waals surface area contributed by atoms with Crippen LogP contribution in [0.25, 0.3) is 0 Å². The molecule has 1 aromatic heterocycles. The van der Waals surface area contributed by atoms with E-state index in [0.717, 1.165) is 11.3 Å². The highest BCUT2D eigenvalue weighted by Crippen LogP contribution is 2.31. The van der Waals surface area contributed by atoms with Crippen LogP contribution in [0.1, 0.15) is 48.6 Å². The lowest BCUT2D eigenvalue weighted by atomic mass is 9.99. The van der Waals surface area contributed by atoms with Gasteiger partial charge < -0.3 is 9.64 Å². The Morgan fingerprint density at radius 3 is 2.73 bits per heavy atom. The predicted molar refractivity (Wildman–Crippen MR) is 80.4 cm³/mol. The fourth-order valence-electron chi connectivity index (χ4n) is 3.07. The van der Waals surface area contributed by atoms with Crippen LogP contribution in [0.15, 0.2) is 0 Å². The van der Waals surface area contributed by atoms with E-state index in [1.54, 1.807) is 11.8 Å². The Kier molecular flexibility index (Phi) is 3.76. The van der Waals surface area contributed by atoms with Crippen LogP contribution in [0.4, 0.5) is 0 Å². The minimum absolute atomic E-state index is 0.0382. The van der Waals surface area contributed by atoms with E-state index in [4.69, 9.17) is 4.74 Å². The zero-order valence-electron chi connectivity index (χ0n) is 13.0. The fraction of sp³-hybridized carbons (Fsp3) is 0.714. The third kappa shape index (κ3) is 2.44. The Balaban J connectivity index is 1.76. The summed E-state index contributed by atoms with van der Waals surface area (Å²) in [5.41, 5.74) is 2.15. The smallest absolute Gasteiger partial charge is 0.274 e. The molecule has 0 spiro atoms. The molecule has 8 heteroatoms. The summed E-state index contributed by atoms with van der Waals surface area (Å²) in [6, 6.07) is 0. The number of nitrogens with one attached hydrogen (secondary N) is 1. The molecule has 0 bridgehead atoms. The van der Waals surface area contributed by atoms with Crippen molar-refractivity contribution in [1.29, 1.82) is 0 Å². The van der Waals surface area contributed by atoms with E-state index in [9.17, 15) is 13.2 Å². The van der Waals surface area contributed by atoms with Crippen LogP contribution >= 0.6 is 0 Å². The summed E-state index contributed by atoms with van der Waals surface area (Å²) in [4.78, 5) is 14.1. The molecule has 2 aliphatic heterocycles. The average Bonchev–Trinajstić information content (AvgIpc) is 2.80. The van der Waals surface area contributed by atoms with Crippen molar-refractivity contribution >= 4 is 15.7 Å². The summed E-state index contributed by atoms with van der Waals surface area (Å²) >= 11 is 0. The van der Waals surface area contributed by atoms with Crippen molar-refractivity contribution in [2.45, 2.75) is 44.6 Å². The van der Waals surface area contributed by atoms with Crippen molar-refractivity contribution in [3.8, 4) is 0 Å². The number of H-pyrrole nitrogens is 1. The van der Waals surface area contributed by atoms with Crippen molar-refractivity contribution in [1.82, 2.24) is 15.1 Å². The van der Waals surface area contributed by atoms with Gasteiger partial charge in [0.2, 0.25) is 0 Å². The molecular formula is C14H21N3O4S. The molecule has 0 saturated carbocycles. The van der Waals surface area contributed by atoms with Gasteiger partial charge in [-0.15, -0.1) is 0 Å². The summed E-state index contributed by atoms with van der Waals surface area (Å²) in [6.07, 6.45) is 0.565. The number of carbonyl (C=O) groups is 1. The first-order chi connectivity index (χ1) is 10.3. The van der Waals surface area contributed by atoms with Gasteiger partial charge in [0.1, 0.15) is 0 Å². The lowest BCUT2D eigenvalue weighted by molar-refractivity contribution is -0.00704. The number of amides is 1. The molecule has 2 aliphatic rings. The molecular weight excluding hydrogens is 306 g/mol. The maximum Gasteiger partial charge on any atom is 0.274 e. The van der Waals surface area contributed by atoms with E-state index < -0.39 is 15.1 Å². The van der Waals surface area contributed by atoms with Crippen LogP contribution in [0.3, 0.4) is 0 Å². The second-order valence-electron chi connectivity index (χ2n) is 6.04. The third-order valence-corrected chi connectivity index (χ3v) is 6.60. The second-order valence-corrected chi connectivity index (χ2v) is 8.61. The van der Waals surface area contributed by atoms with Crippen LogP contribution in [0, 0.1) is 0 Å². The fourth-order valence-corrected chi connectivity index (χ4v) is 4.35.